The molecule has 2 nitrogen and oxygen atoms in total. The van der Waals surface area contributed by atoms with E-state index in [-0.39, 0.29) is 5.41 Å². The van der Waals surface area contributed by atoms with E-state index in [4.69, 9.17) is 0 Å². The second kappa shape index (κ2) is 6.19. The molecule has 0 N–H and O–H groups in total. The Hall–Kier alpha value is -1.15. The van der Waals surface area contributed by atoms with Crippen LogP contribution in [-0.2, 0) is 11.3 Å². The number of carbonyl (C=O) groups excluding carboxylic acids is 1. The fraction of sp³-hybridized carbons (Fsp3) is 0.741. The third kappa shape index (κ3) is 2.96. The first kappa shape index (κ1) is 18.6. The smallest absolute Gasteiger partial charge is 0.142 e. The summed E-state index contributed by atoms with van der Waals surface area (Å²) >= 11 is 0. The van der Waals surface area contributed by atoms with Crippen LogP contribution in [0.1, 0.15) is 83.6 Å². The van der Waals surface area contributed by atoms with E-state index < -0.39 is 0 Å². The zero-order valence-electron chi connectivity index (χ0n) is 18.3. The van der Waals surface area contributed by atoms with Gasteiger partial charge in [0.25, 0.3) is 0 Å². The van der Waals surface area contributed by atoms with E-state index in [1.165, 1.54) is 56.9 Å². The number of piperidine rings is 1. The van der Waals surface area contributed by atoms with E-state index in [1.807, 2.05) is 0 Å². The van der Waals surface area contributed by atoms with Crippen molar-refractivity contribution in [3.63, 3.8) is 0 Å². The minimum atomic E-state index is 0.0363. The van der Waals surface area contributed by atoms with Gasteiger partial charge in [-0.3, -0.25) is 9.69 Å². The van der Waals surface area contributed by atoms with E-state index in [0.717, 1.165) is 25.3 Å². The molecular formula is C27H37NO. The summed E-state index contributed by atoms with van der Waals surface area (Å²) in [5.41, 5.74) is 2.35. The van der Waals surface area contributed by atoms with Crippen molar-refractivity contribution in [1.82, 2.24) is 4.90 Å². The molecule has 2 aliphatic heterocycles. The second-order valence-corrected chi connectivity index (χ2v) is 12.5. The molecule has 1 aromatic rings. The van der Waals surface area contributed by atoms with Crippen molar-refractivity contribution in [2.24, 2.45) is 28.1 Å². The van der Waals surface area contributed by atoms with Crippen LogP contribution in [0.15, 0.2) is 30.3 Å². The molecule has 156 valence electrons. The van der Waals surface area contributed by atoms with Gasteiger partial charge in [-0.1, -0.05) is 44.2 Å². The first-order chi connectivity index (χ1) is 13.9. The predicted octanol–water partition coefficient (Wildman–Crippen LogP) is 6.00. The van der Waals surface area contributed by atoms with Gasteiger partial charge in [-0.05, 0) is 86.5 Å². The van der Waals surface area contributed by atoms with Crippen LogP contribution in [0.5, 0.6) is 0 Å². The zero-order valence-corrected chi connectivity index (χ0v) is 18.3. The topological polar surface area (TPSA) is 20.3 Å². The van der Waals surface area contributed by atoms with Gasteiger partial charge >= 0.3 is 0 Å². The second-order valence-electron chi connectivity index (χ2n) is 12.5. The SMILES string of the molecule is CC12CC3CC(C)(C1)CC(C(=O)C1CC4CCC(C1)N4Cc1ccccc1)(C3)C2. The highest BCUT2D eigenvalue weighted by molar-refractivity contribution is 5.88. The summed E-state index contributed by atoms with van der Waals surface area (Å²) < 4.78 is 0. The maximum Gasteiger partial charge on any atom is 0.142 e. The molecule has 29 heavy (non-hydrogen) atoms. The van der Waals surface area contributed by atoms with E-state index >= 15 is 0 Å². The molecule has 0 aromatic heterocycles. The highest BCUT2D eigenvalue weighted by Crippen LogP contribution is 2.70. The Morgan fingerprint density at radius 1 is 0.931 bits per heavy atom. The molecule has 4 saturated carbocycles. The van der Waals surface area contributed by atoms with Gasteiger partial charge in [-0.25, -0.2) is 0 Å². The third-order valence-corrected chi connectivity index (χ3v) is 9.61. The molecule has 0 spiro atoms. The number of benzene rings is 1. The van der Waals surface area contributed by atoms with E-state index in [0.29, 0.717) is 34.6 Å². The Bertz CT molecular complexity index is 783. The monoisotopic (exact) mass is 391 g/mol. The number of fused-ring (bicyclic) bond motifs is 2. The van der Waals surface area contributed by atoms with Crippen LogP contribution in [-0.4, -0.2) is 22.8 Å². The van der Waals surface area contributed by atoms with Crippen molar-refractivity contribution in [2.75, 3.05) is 0 Å². The fourth-order valence-corrected chi connectivity index (χ4v) is 9.70. The van der Waals surface area contributed by atoms with Gasteiger partial charge in [0, 0.05) is 30.0 Å². The molecule has 4 unspecified atom stereocenters. The first-order valence-corrected chi connectivity index (χ1v) is 12.2. The van der Waals surface area contributed by atoms with Crippen molar-refractivity contribution in [3.8, 4) is 0 Å². The molecule has 6 aliphatic rings. The lowest BCUT2D eigenvalue weighted by atomic mass is 9.39. The molecular weight excluding hydrogens is 354 g/mol. The Morgan fingerprint density at radius 3 is 2.14 bits per heavy atom. The van der Waals surface area contributed by atoms with Crippen LogP contribution >= 0.6 is 0 Å². The molecule has 6 bridgehead atoms. The Morgan fingerprint density at radius 2 is 1.55 bits per heavy atom. The first-order valence-electron chi connectivity index (χ1n) is 12.2. The average Bonchev–Trinajstić information content (AvgIpc) is 2.87. The van der Waals surface area contributed by atoms with Gasteiger partial charge in [0.05, 0.1) is 0 Å². The summed E-state index contributed by atoms with van der Waals surface area (Å²) in [6.07, 6.45) is 12.6. The molecule has 0 radical (unpaired) electrons. The van der Waals surface area contributed by atoms with Crippen molar-refractivity contribution in [1.29, 1.82) is 0 Å². The summed E-state index contributed by atoms with van der Waals surface area (Å²) in [5, 5.41) is 0. The van der Waals surface area contributed by atoms with Crippen LogP contribution in [0.25, 0.3) is 0 Å². The summed E-state index contributed by atoms with van der Waals surface area (Å²) in [6, 6.07) is 12.2. The number of nitrogens with zero attached hydrogens (tertiary/aromatic N) is 1. The summed E-state index contributed by atoms with van der Waals surface area (Å²) in [5.74, 6) is 1.86. The maximum atomic E-state index is 14.1. The molecule has 2 saturated heterocycles. The number of ketones is 1. The Balaban J connectivity index is 1.21. The summed E-state index contributed by atoms with van der Waals surface area (Å²) in [4.78, 5) is 16.8. The lowest BCUT2D eigenvalue weighted by Crippen LogP contribution is -2.59. The van der Waals surface area contributed by atoms with E-state index in [9.17, 15) is 4.79 Å². The van der Waals surface area contributed by atoms with Gasteiger partial charge in [0.2, 0.25) is 0 Å². The molecule has 4 aliphatic carbocycles. The van der Waals surface area contributed by atoms with Gasteiger partial charge in [0.1, 0.15) is 5.78 Å². The molecule has 0 amide bonds. The highest BCUT2D eigenvalue weighted by atomic mass is 16.1. The zero-order chi connectivity index (χ0) is 19.9. The number of rotatable bonds is 4. The van der Waals surface area contributed by atoms with Gasteiger partial charge in [0.15, 0.2) is 0 Å². The molecule has 1 aromatic carbocycles. The van der Waals surface area contributed by atoms with Crippen LogP contribution in [0, 0.1) is 28.1 Å². The molecule has 2 heterocycles. The number of carbonyl (C=O) groups is 1. The van der Waals surface area contributed by atoms with Crippen LogP contribution in [0.4, 0.5) is 0 Å². The maximum absolute atomic E-state index is 14.1. The summed E-state index contributed by atoms with van der Waals surface area (Å²) in [6.45, 7) is 6.08. The van der Waals surface area contributed by atoms with Gasteiger partial charge in [-0.15, -0.1) is 0 Å². The lowest BCUT2D eigenvalue weighted by molar-refractivity contribution is -0.173. The Labute approximate surface area is 176 Å². The highest BCUT2D eigenvalue weighted by Gasteiger charge is 2.63. The Kier molecular flexibility index (Phi) is 3.97. The van der Waals surface area contributed by atoms with Gasteiger partial charge < -0.3 is 0 Å². The number of Topliss-reactive ketones (excluding diaryl/α,β-unsaturated/α-hetero) is 1. The van der Waals surface area contributed by atoms with Crippen molar-refractivity contribution < 1.29 is 4.79 Å². The van der Waals surface area contributed by atoms with E-state index in [2.05, 4.69) is 49.1 Å². The van der Waals surface area contributed by atoms with Gasteiger partial charge in [-0.2, -0.15) is 0 Å². The van der Waals surface area contributed by atoms with Crippen LogP contribution < -0.4 is 0 Å². The molecule has 2 heteroatoms. The minimum Gasteiger partial charge on any atom is -0.299 e. The van der Waals surface area contributed by atoms with Crippen LogP contribution in [0.3, 0.4) is 0 Å². The van der Waals surface area contributed by atoms with Crippen LogP contribution in [0.2, 0.25) is 0 Å². The molecule has 7 rings (SSSR count). The predicted molar refractivity (Wildman–Crippen MR) is 116 cm³/mol. The van der Waals surface area contributed by atoms with Crippen molar-refractivity contribution in [3.05, 3.63) is 35.9 Å². The largest absolute Gasteiger partial charge is 0.299 e. The number of hydrogen-bond donors (Lipinski definition) is 0. The average molecular weight is 392 g/mol. The lowest BCUT2D eigenvalue weighted by Gasteiger charge is -2.65. The van der Waals surface area contributed by atoms with E-state index in [1.54, 1.807) is 0 Å². The molecule has 4 atom stereocenters. The van der Waals surface area contributed by atoms with Crippen molar-refractivity contribution >= 4 is 5.78 Å². The third-order valence-electron chi connectivity index (χ3n) is 9.61. The number of hydrogen-bond acceptors (Lipinski definition) is 2. The quantitative estimate of drug-likeness (QED) is 0.628. The summed E-state index contributed by atoms with van der Waals surface area (Å²) in [7, 11) is 0. The fourth-order valence-electron chi connectivity index (χ4n) is 9.70. The molecule has 6 fully saturated rings. The van der Waals surface area contributed by atoms with Crippen molar-refractivity contribution in [2.45, 2.75) is 96.7 Å². The standard InChI is InChI=1S/C27H37NO/c1-25-12-20-13-26(2,16-25)18-27(14-20,17-25)24(29)21-10-22-8-9-23(11-21)28(22)15-19-6-4-3-5-7-19/h3-7,20-23H,8-18H2,1-2H3. The minimum absolute atomic E-state index is 0.0363. The normalized spacial score (nSPS) is 48.2.